The van der Waals surface area contributed by atoms with Gasteiger partial charge in [0.05, 0.1) is 52.9 Å². The Labute approximate surface area is 202 Å². The summed E-state index contributed by atoms with van der Waals surface area (Å²) in [6, 6.07) is 27.8. The van der Waals surface area contributed by atoms with Crippen LogP contribution in [0.25, 0.3) is 0 Å². The van der Waals surface area contributed by atoms with Crippen LogP contribution in [-0.2, 0) is 32.2 Å². The molecule has 0 heterocycles. The van der Waals surface area contributed by atoms with Gasteiger partial charge < -0.3 is 28.4 Å². The first-order valence-electron chi connectivity index (χ1n) is 11.7. The molecular weight excluding hydrogens is 432 g/mol. The van der Waals surface area contributed by atoms with Gasteiger partial charge >= 0.3 is 0 Å². The second-order valence-electron chi connectivity index (χ2n) is 7.44. The van der Waals surface area contributed by atoms with Crippen LogP contribution in [0.15, 0.2) is 84.9 Å². The van der Waals surface area contributed by atoms with Gasteiger partial charge in [0.25, 0.3) is 0 Å². The van der Waals surface area contributed by atoms with Crippen molar-refractivity contribution < 1.29 is 28.4 Å². The maximum absolute atomic E-state index is 5.81. The highest BCUT2D eigenvalue weighted by molar-refractivity contribution is 5.39. The van der Waals surface area contributed by atoms with Crippen molar-refractivity contribution in [2.45, 2.75) is 13.2 Å². The van der Waals surface area contributed by atoms with Crippen LogP contribution in [0.2, 0.25) is 0 Å². The van der Waals surface area contributed by atoms with E-state index >= 15 is 0 Å². The topological polar surface area (TPSA) is 55.4 Å². The molecule has 182 valence electrons. The monoisotopic (exact) mass is 466 g/mol. The third-order valence-electron chi connectivity index (χ3n) is 4.79. The average Bonchev–Trinajstić information content (AvgIpc) is 2.89. The summed E-state index contributed by atoms with van der Waals surface area (Å²) in [5.74, 6) is 1.38. The fourth-order valence-corrected chi connectivity index (χ4v) is 3.08. The van der Waals surface area contributed by atoms with Crippen molar-refractivity contribution in [1.82, 2.24) is 0 Å². The summed E-state index contributed by atoms with van der Waals surface area (Å²) in [6.07, 6.45) is 0. The van der Waals surface area contributed by atoms with Crippen LogP contribution < -0.4 is 9.47 Å². The van der Waals surface area contributed by atoms with Crippen LogP contribution in [-0.4, -0.2) is 52.9 Å². The molecule has 0 atom stereocenters. The Morgan fingerprint density at radius 2 is 0.706 bits per heavy atom. The maximum Gasteiger partial charge on any atom is 0.161 e. The molecule has 34 heavy (non-hydrogen) atoms. The van der Waals surface area contributed by atoms with E-state index in [4.69, 9.17) is 28.4 Å². The van der Waals surface area contributed by atoms with Gasteiger partial charge in [-0.25, -0.2) is 0 Å². The van der Waals surface area contributed by atoms with E-state index in [9.17, 15) is 0 Å². The van der Waals surface area contributed by atoms with Crippen molar-refractivity contribution >= 4 is 0 Å². The Balaban J connectivity index is 1.18. The molecule has 3 rings (SSSR count). The van der Waals surface area contributed by atoms with E-state index in [1.54, 1.807) is 0 Å². The zero-order valence-corrected chi connectivity index (χ0v) is 19.6. The molecule has 3 aromatic carbocycles. The third kappa shape index (κ3) is 10.8. The van der Waals surface area contributed by atoms with Crippen LogP contribution in [0, 0.1) is 0 Å². The molecule has 0 unspecified atom stereocenters. The number of benzene rings is 3. The fourth-order valence-electron chi connectivity index (χ4n) is 3.08. The Hall–Kier alpha value is -2.90. The van der Waals surface area contributed by atoms with E-state index in [0.717, 1.165) is 11.1 Å². The van der Waals surface area contributed by atoms with Gasteiger partial charge in [0.15, 0.2) is 11.5 Å². The van der Waals surface area contributed by atoms with Gasteiger partial charge in [-0.1, -0.05) is 72.8 Å². The lowest BCUT2D eigenvalue weighted by Crippen LogP contribution is -2.13. The Bertz CT molecular complexity index is 813. The quantitative estimate of drug-likeness (QED) is 0.248. The predicted octanol–water partition coefficient (Wildman–Crippen LogP) is 4.91. The molecule has 6 nitrogen and oxygen atoms in total. The van der Waals surface area contributed by atoms with Crippen LogP contribution in [0.3, 0.4) is 0 Å². The van der Waals surface area contributed by atoms with Crippen molar-refractivity contribution in [2.75, 3.05) is 52.9 Å². The lowest BCUT2D eigenvalue weighted by atomic mass is 10.2. The van der Waals surface area contributed by atoms with Gasteiger partial charge in [-0.05, 0) is 23.3 Å². The molecule has 6 heteroatoms. The molecule has 0 aliphatic carbocycles. The Morgan fingerprint density at radius 3 is 1.15 bits per heavy atom. The van der Waals surface area contributed by atoms with E-state index in [1.807, 2.05) is 84.9 Å². The first kappa shape index (κ1) is 25.7. The molecule has 0 fully saturated rings. The van der Waals surface area contributed by atoms with Gasteiger partial charge in [-0.15, -0.1) is 0 Å². The standard InChI is InChI=1S/C28H34O6/c1-3-9-25(10-4-1)23-31-17-15-29-19-21-33-27-13-7-8-14-28(27)34-22-20-30-16-18-32-24-26-11-5-2-6-12-26/h1-14H,15-24H2. The van der Waals surface area contributed by atoms with Crippen LogP contribution >= 0.6 is 0 Å². The zero-order valence-electron chi connectivity index (χ0n) is 19.6. The van der Waals surface area contributed by atoms with Crippen LogP contribution in [0.1, 0.15) is 11.1 Å². The minimum absolute atomic E-state index is 0.439. The molecule has 3 aromatic rings. The second kappa shape index (κ2) is 16.7. The van der Waals surface area contributed by atoms with Crippen molar-refractivity contribution in [3.05, 3.63) is 96.1 Å². The molecule has 0 spiro atoms. The van der Waals surface area contributed by atoms with Gasteiger partial charge in [0.1, 0.15) is 13.2 Å². The maximum atomic E-state index is 5.81. The summed E-state index contributed by atoms with van der Waals surface area (Å²) in [5, 5.41) is 0. The van der Waals surface area contributed by atoms with Gasteiger partial charge in [0.2, 0.25) is 0 Å². The zero-order chi connectivity index (χ0) is 23.5. The molecule has 0 aromatic heterocycles. The van der Waals surface area contributed by atoms with E-state index in [2.05, 4.69) is 0 Å². The van der Waals surface area contributed by atoms with Gasteiger partial charge in [-0.2, -0.15) is 0 Å². The second-order valence-corrected chi connectivity index (χ2v) is 7.44. The lowest BCUT2D eigenvalue weighted by Gasteiger charge is -2.13. The average molecular weight is 467 g/mol. The summed E-state index contributed by atoms with van der Waals surface area (Å²) in [6.45, 7) is 5.18. The Kier molecular flexibility index (Phi) is 12.6. The third-order valence-corrected chi connectivity index (χ3v) is 4.79. The van der Waals surface area contributed by atoms with E-state index < -0.39 is 0 Å². The summed E-state index contributed by atoms with van der Waals surface area (Å²) >= 11 is 0. The van der Waals surface area contributed by atoms with Gasteiger partial charge in [0, 0.05) is 0 Å². The van der Waals surface area contributed by atoms with Gasteiger partial charge in [-0.3, -0.25) is 0 Å². The largest absolute Gasteiger partial charge is 0.487 e. The summed E-state index contributed by atoms with van der Waals surface area (Å²) in [5.41, 5.74) is 2.31. The van der Waals surface area contributed by atoms with Crippen LogP contribution in [0.4, 0.5) is 0 Å². The number of hydrogen-bond acceptors (Lipinski definition) is 6. The number of rotatable bonds is 18. The fraction of sp³-hybridized carbons (Fsp3) is 0.357. The number of hydrogen-bond donors (Lipinski definition) is 0. The smallest absolute Gasteiger partial charge is 0.161 e. The highest BCUT2D eigenvalue weighted by Crippen LogP contribution is 2.26. The Morgan fingerprint density at radius 1 is 0.353 bits per heavy atom. The summed E-state index contributed by atoms with van der Waals surface area (Å²) in [4.78, 5) is 0. The van der Waals surface area contributed by atoms with E-state index in [0.29, 0.717) is 77.6 Å². The molecule has 0 N–H and O–H groups in total. The lowest BCUT2D eigenvalue weighted by molar-refractivity contribution is 0.0274. The molecule has 0 saturated carbocycles. The first-order chi connectivity index (χ1) is 16.9. The molecule has 0 aliphatic rings. The van der Waals surface area contributed by atoms with Crippen molar-refractivity contribution in [2.24, 2.45) is 0 Å². The predicted molar refractivity (Wildman–Crippen MR) is 131 cm³/mol. The molecule has 0 radical (unpaired) electrons. The molecule has 0 bridgehead atoms. The number of ether oxygens (including phenoxy) is 6. The van der Waals surface area contributed by atoms with Crippen molar-refractivity contribution in [1.29, 1.82) is 0 Å². The molecule has 0 saturated heterocycles. The summed E-state index contributed by atoms with van der Waals surface area (Å²) < 4.78 is 34.0. The summed E-state index contributed by atoms with van der Waals surface area (Å²) in [7, 11) is 0. The van der Waals surface area contributed by atoms with Crippen molar-refractivity contribution in [3.63, 3.8) is 0 Å². The van der Waals surface area contributed by atoms with E-state index in [-0.39, 0.29) is 0 Å². The molecular formula is C28H34O6. The normalized spacial score (nSPS) is 10.8. The van der Waals surface area contributed by atoms with E-state index in [1.165, 1.54) is 0 Å². The highest BCUT2D eigenvalue weighted by atomic mass is 16.6. The molecule has 0 amide bonds. The van der Waals surface area contributed by atoms with Crippen molar-refractivity contribution in [3.8, 4) is 11.5 Å². The van der Waals surface area contributed by atoms with Crippen LogP contribution in [0.5, 0.6) is 11.5 Å². The minimum Gasteiger partial charge on any atom is -0.487 e. The number of para-hydroxylation sites is 2. The SMILES string of the molecule is c1ccc(COCCOCCOc2ccccc2OCCOCCOCc2ccccc2)cc1. The highest BCUT2D eigenvalue weighted by Gasteiger charge is 2.04. The molecule has 0 aliphatic heterocycles. The first-order valence-corrected chi connectivity index (χ1v) is 11.7. The minimum atomic E-state index is 0.439.